The van der Waals surface area contributed by atoms with Crippen LogP contribution in [0.5, 0.6) is 0 Å². The van der Waals surface area contributed by atoms with E-state index in [1.54, 1.807) is 0 Å². The van der Waals surface area contributed by atoms with E-state index >= 15 is 0 Å². The molecule has 1 saturated carbocycles. The largest absolute Gasteiger partial charge is 3.00 e. The molecular weight excluding hydrogens is 1060 g/mol. The fourth-order valence-electron chi connectivity index (χ4n) is 11.1. The summed E-state index contributed by atoms with van der Waals surface area (Å²) in [5.41, 5.74) is 23.0. The van der Waals surface area contributed by atoms with Crippen molar-refractivity contribution in [2.45, 2.75) is 37.5 Å². The molecule has 1 fully saturated rings. The zero-order valence-corrected chi connectivity index (χ0v) is 42.6. The van der Waals surface area contributed by atoms with Gasteiger partial charge in [0.1, 0.15) is 0 Å². The second kappa shape index (κ2) is 20.3. The van der Waals surface area contributed by atoms with E-state index in [0.717, 1.165) is 81.7 Å². The molecule has 3 nitrogen and oxygen atoms in total. The van der Waals surface area contributed by atoms with Crippen molar-refractivity contribution in [2.75, 3.05) is 0 Å². The molecule has 4 aliphatic rings. The number of rotatable bonds is 13. The van der Waals surface area contributed by atoms with Gasteiger partial charge >= 0.3 is 20.1 Å². The molecule has 0 radical (unpaired) electrons. The number of aryl methyl sites for hydroxylation is 4. The van der Waals surface area contributed by atoms with Crippen LogP contribution in [0.3, 0.4) is 0 Å². The molecule has 3 heterocycles. The predicted molar refractivity (Wildman–Crippen MR) is 293 cm³/mol. The normalized spacial score (nSPS) is 16.8. The van der Waals surface area contributed by atoms with E-state index < -0.39 is 0 Å². The summed E-state index contributed by atoms with van der Waals surface area (Å²) in [5, 5.41) is 0. The Morgan fingerprint density at radius 3 is 1.52 bits per heavy atom. The van der Waals surface area contributed by atoms with Gasteiger partial charge in [0.2, 0.25) is 0 Å². The molecule has 3 aromatic heterocycles. The van der Waals surface area contributed by atoms with Crippen LogP contribution in [0.2, 0.25) is 0 Å². The maximum atomic E-state index is 5.30. The first-order valence-corrected chi connectivity index (χ1v) is 25.3. The Hall–Kier alpha value is -7.88. The monoisotopic (exact) mass is 1110 g/mol. The molecule has 4 heteroatoms. The molecule has 0 saturated heterocycles. The van der Waals surface area contributed by atoms with Gasteiger partial charge in [-0.3, -0.25) is 0 Å². The van der Waals surface area contributed by atoms with Crippen molar-refractivity contribution in [1.29, 1.82) is 0 Å². The molecule has 0 N–H and O–H groups in total. The van der Waals surface area contributed by atoms with E-state index in [0.29, 0.717) is 17.8 Å². The molecule has 2 unspecified atom stereocenters. The Kier molecular flexibility index (Phi) is 12.9. The average Bonchev–Trinajstić information content (AvgIpc) is 4.25. The number of hydrogen-bond acceptors (Lipinski definition) is 3. The van der Waals surface area contributed by atoms with Gasteiger partial charge in [-0.2, -0.15) is 0 Å². The number of benzene rings is 7. The van der Waals surface area contributed by atoms with Crippen molar-refractivity contribution in [3.8, 4) is 78.3 Å². The molecule has 73 heavy (non-hydrogen) atoms. The summed E-state index contributed by atoms with van der Waals surface area (Å²) in [6.45, 7) is 0. The Bertz CT molecular complexity index is 3500. The molecule has 4 aliphatic carbocycles. The van der Waals surface area contributed by atoms with Crippen LogP contribution < -0.4 is 0 Å². The van der Waals surface area contributed by atoms with Crippen molar-refractivity contribution < 1.29 is 20.1 Å². The summed E-state index contributed by atoms with van der Waals surface area (Å²) in [5.74, 6) is 2.10. The first-order chi connectivity index (χ1) is 35.6. The smallest absolute Gasteiger partial charge is 0.304 e. The van der Waals surface area contributed by atoms with Crippen LogP contribution in [0.25, 0.3) is 78.3 Å². The van der Waals surface area contributed by atoms with Crippen molar-refractivity contribution in [3.63, 3.8) is 0 Å². The number of hydrogen-bond donors (Lipinski definition) is 0. The van der Waals surface area contributed by atoms with Gasteiger partial charge in [-0.05, 0) is 122 Å². The molecule has 2 atom stereocenters. The van der Waals surface area contributed by atoms with E-state index in [-0.39, 0.29) is 26.0 Å². The minimum absolute atomic E-state index is 0. The van der Waals surface area contributed by atoms with Gasteiger partial charge in [0.15, 0.2) is 0 Å². The molecule has 0 amide bonds. The number of pyridine rings is 3. The van der Waals surface area contributed by atoms with Crippen LogP contribution in [-0.4, -0.2) is 15.0 Å². The summed E-state index contributed by atoms with van der Waals surface area (Å²) in [4.78, 5) is 15.0. The van der Waals surface area contributed by atoms with Gasteiger partial charge in [0.05, 0.1) is 0 Å². The fourth-order valence-corrected chi connectivity index (χ4v) is 11.1. The molecule has 14 rings (SSSR count). The minimum atomic E-state index is 0. The van der Waals surface area contributed by atoms with E-state index in [1.165, 1.54) is 55.6 Å². The van der Waals surface area contributed by atoms with Gasteiger partial charge in [-0.15, -0.1) is 107 Å². The first-order valence-electron chi connectivity index (χ1n) is 25.3. The standard InChI is InChI=1S/C69H50N3.Ir/c1-4-12-50(13-5-1)51-26-28-52(29-27-51)64-42-68(56-32-35-62-63(41-56)53-30-33-60-61(34-31-53)69(60)62)72-45-65(64)59-19-11-10-18-58(59)57-39-48(22-20-46-24-36-66(70-43-46)54-14-6-2-7-15-54)38-49(40-57)23-21-47-25-37-67(71-44-47)55-16-8-3-9-17-55;/h1-14,16,18-19,24-31,33-45,53,60-61,69H,20-23H2;/q-3;+3. The van der Waals surface area contributed by atoms with Gasteiger partial charge in [0.25, 0.3) is 0 Å². The second-order valence-corrected chi connectivity index (χ2v) is 19.5. The van der Waals surface area contributed by atoms with Crippen molar-refractivity contribution in [1.82, 2.24) is 15.0 Å². The molecule has 0 spiro atoms. The SMILES string of the molecule is [Ir+3].[c-]1ccccc1-c1ccc(CCc2cc(CCc3ccc(-c4[c-]cccc4)nc3)cc(-c3ccccc3-c3cnc(-c4[c-]cc5c(c4)C4C=CC6C(C=C4)C56)cc3-c3ccc(-c4ccccc4)cc3)c2)cn1. The van der Waals surface area contributed by atoms with Crippen LogP contribution >= 0.6 is 0 Å². The maximum Gasteiger partial charge on any atom is 3.00 e. The zero-order chi connectivity index (χ0) is 47.8. The zero-order valence-electron chi connectivity index (χ0n) is 40.3. The van der Waals surface area contributed by atoms with Crippen LogP contribution in [0.15, 0.2) is 231 Å². The molecule has 350 valence electrons. The van der Waals surface area contributed by atoms with Gasteiger partial charge in [-0.25, -0.2) is 0 Å². The van der Waals surface area contributed by atoms with Crippen molar-refractivity contribution in [3.05, 3.63) is 283 Å². The van der Waals surface area contributed by atoms with E-state index in [4.69, 9.17) is 15.0 Å². The quantitative estimate of drug-likeness (QED) is 0.0853. The van der Waals surface area contributed by atoms with E-state index in [9.17, 15) is 0 Å². The summed E-state index contributed by atoms with van der Waals surface area (Å²) >= 11 is 0. The summed E-state index contributed by atoms with van der Waals surface area (Å²) in [6, 6.07) is 77.7. The van der Waals surface area contributed by atoms with Crippen LogP contribution in [-0.2, 0) is 45.8 Å². The van der Waals surface area contributed by atoms with E-state index in [1.807, 2.05) is 48.8 Å². The molecular formula is C69H50IrN3. The third kappa shape index (κ3) is 9.53. The van der Waals surface area contributed by atoms with Gasteiger partial charge < -0.3 is 15.0 Å². The number of nitrogens with zero attached hydrogens (tertiary/aromatic N) is 3. The Morgan fingerprint density at radius 1 is 0.356 bits per heavy atom. The Morgan fingerprint density at radius 2 is 0.918 bits per heavy atom. The minimum Gasteiger partial charge on any atom is -0.304 e. The van der Waals surface area contributed by atoms with Crippen molar-refractivity contribution >= 4 is 0 Å². The third-order valence-corrected chi connectivity index (χ3v) is 15.0. The first kappa shape index (κ1) is 46.2. The summed E-state index contributed by atoms with van der Waals surface area (Å²) < 4.78 is 0. The maximum absolute atomic E-state index is 5.30. The van der Waals surface area contributed by atoms with Gasteiger partial charge in [0, 0.05) is 30.1 Å². The summed E-state index contributed by atoms with van der Waals surface area (Å²) in [7, 11) is 0. The fraction of sp³-hybridized carbons (Fsp3) is 0.116. The molecule has 0 aliphatic heterocycles. The van der Waals surface area contributed by atoms with Gasteiger partial charge in [-0.1, -0.05) is 152 Å². The predicted octanol–water partition coefficient (Wildman–Crippen LogP) is 16.1. The Balaban J connectivity index is 0.00000543. The molecule has 4 bridgehead atoms. The average molecular weight is 1110 g/mol. The second-order valence-electron chi connectivity index (χ2n) is 19.5. The number of aromatic nitrogens is 3. The summed E-state index contributed by atoms with van der Waals surface area (Å²) in [6.07, 6.45) is 19.4. The van der Waals surface area contributed by atoms with Crippen LogP contribution in [0, 0.1) is 30.0 Å². The van der Waals surface area contributed by atoms with E-state index in [2.05, 4.69) is 200 Å². The third-order valence-electron chi connectivity index (χ3n) is 15.0. The molecule has 7 aromatic carbocycles. The Labute approximate surface area is 442 Å². The van der Waals surface area contributed by atoms with Crippen LogP contribution in [0.1, 0.15) is 45.2 Å². The molecule has 10 aromatic rings. The topological polar surface area (TPSA) is 38.7 Å². The van der Waals surface area contributed by atoms with Crippen molar-refractivity contribution in [2.24, 2.45) is 11.8 Å². The number of allylic oxidation sites excluding steroid dienone is 4. The van der Waals surface area contributed by atoms with Crippen LogP contribution in [0.4, 0.5) is 0 Å².